The molecule has 0 rings (SSSR count). The van der Waals surface area contributed by atoms with Gasteiger partial charge in [-0.05, 0) is 12.3 Å². The Labute approximate surface area is 97.6 Å². The van der Waals surface area contributed by atoms with Crippen molar-refractivity contribution in [2.75, 3.05) is 31.1 Å². The molecule has 4 heteroatoms. The van der Waals surface area contributed by atoms with Gasteiger partial charge in [0.2, 0.25) is 0 Å². The smallest absolute Gasteiger partial charge is 0.0768 e. The average molecular weight is 234 g/mol. The Morgan fingerprint density at radius 2 is 2.14 bits per heavy atom. The van der Waals surface area contributed by atoms with Gasteiger partial charge >= 0.3 is 0 Å². The van der Waals surface area contributed by atoms with Crippen LogP contribution in [0.3, 0.4) is 0 Å². The molecular weight excluding hydrogens is 212 g/mol. The first-order chi connectivity index (χ1) is 6.61. The summed E-state index contributed by atoms with van der Waals surface area (Å²) in [4.78, 5) is 3.04. The van der Waals surface area contributed by atoms with E-state index in [4.69, 9.17) is 18.0 Å². The maximum Gasteiger partial charge on any atom is 0.0768 e. The lowest BCUT2D eigenvalue weighted by Crippen LogP contribution is -2.35. The summed E-state index contributed by atoms with van der Waals surface area (Å²) in [5, 5.41) is 0. The molecule has 0 saturated heterocycles. The summed E-state index contributed by atoms with van der Waals surface area (Å²) in [6.45, 7) is 9.69. The number of nitrogens with zero attached hydrogens (tertiary/aromatic N) is 1. The minimum atomic E-state index is 0.330. The molecule has 84 valence electrons. The summed E-state index contributed by atoms with van der Waals surface area (Å²) in [5.74, 6) is 2.73. The zero-order valence-electron chi connectivity index (χ0n) is 9.45. The molecule has 0 heterocycles. The highest BCUT2D eigenvalue weighted by Gasteiger charge is 2.10. The Balaban J connectivity index is 3.72. The van der Waals surface area contributed by atoms with Gasteiger partial charge in [-0.25, -0.2) is 0 Å². The highest BCUT2D eigenvalue weighted by Crippen LogP contribution is 2.04. The maximum atomic E-state index is 5.59. The SMILES string of the molecule is CCSCCN(CC)CC(C)C(N)=S. The molecule has 0 aliphatic rings. The molecule has 0 fully saturated rings. The van der Waals surface area contributed by atoms with Crippen molar-refractivity contribution in [1.29, 1.82) is 0 Å². The predicted octanol–water partition coefficient (Wildman–Crippen LogP) is 1.98. The Kier molecular flexibility index (Phi) is 8.63. The fraction of sp³-hybridized carbons (Fsp3) is 0.900. The van der Waals surface area contributed by atoms with Crippen LogP contribution in [0.25, 0.3) is 0 Å². The van der Waals surface area contributed by atoms with E-state index >= 15 is 0 Å². The van der Waals surface area contributed by atoms with Crippen LogP contribution in [0.4, 0.5) is 0 Å². The van der Waals surface area contributed by atoms with Gasteiger partial charge in [-0.2, -0.15) is 11.8 Å². The highest BCUT2D eigenvalue weighted by atomic mass is 32.2. The molecule has 2 nitrogen and oxygen atoms in total. The fourth-order valence-corrected chi connectivity index (χ4v) is 1.94. The van der Waals surface area contributed by atoms with Gasteiger partial charge in [0.1, 0.15) is 0 Å². The Morgan fingerprint density at radius 1 is 1.50 bits per heavy atom. The van der Waals surface area contributed by atoms with Crippen molar-refractivity contribution in [2.45, 2.75) is 20.8 Å². The van der Waals surface area contributed by atoms with Crippen LogP contribution in [0.1, 0.15) is 20.8 Å². The fourth-order valence-electron chi connectivity index (χ4n) is 1.19. The summed E-state index contributed by atoms with van der Waals surface area (Å²) in [5.41, 5.74) is 5.59. The van der Waals surface area contributed by atoms with Crippen molar-refractivity contribution in [3.63, 3.8) is 0 Å². The quantitative estimate of drug-likeness (QED) is 0.514. The van der Waals surface area contributed by atoms with Gasteiger partial charge in [0.05, 0.1) is 4.99 Å². The number of hydrogen-bond acceptors (Lipinski definition) is 3. The van der Waals surface area contributed by atoms with E-state index in [1.54, 1.807) is 0 Å². The molecule has 0 aromatic rings. The molecule has 0 saturated carbocycles. The molecule has 0 spiro atoms. The monoisotopic (exact) mass is 234 g/mol. The van der Waals surface area contributed by atoms with Crippen LogP contribution in [-0.4, -0.2) is 41.0 Å². The van der Waals surface area contributed by atoms with E-state index in [9.17, 15) is 0 Å². The second kappa shape index (κ2) is 8.50. The van der Waals surface area contributed by atoms with Gasteiger partial charge in [0, 0.05) is 24.8 Å². The van der Waals surface area contributed by atoms with Gasteiger partial charge in [-0.3, -0.25) is 0 Å². The third-order valence-electron chi connectivity index (χ3n) is 2.22. The van der Waals surface area contributed by atoms with Crippen LogP contribution in [0.15, 0.2) is 0 Å². The molecule has 2 N–H and O–H groups in total. The number of hydrogen-bond donors (Lipinski definition) is 1. The van der Waals surface area contributed by atoms with Crippen molar-refractivity contribution >= 4 is 29.0 Å². The van der Waals surface area contributed by atoms with Crippen LogP contribution in [-0.2, 0) is 0 Å². The molecule has 14 heavy (non-hydrogen) atoms. The topological polar surface area (TPSA) is 29.3 Å². The second-order valence-corrected chi connectivity index (χ2v) is 5.26. The molecule has 0 amide bonds. The number of nitrogens with two attached hydrogens (primary N) is 1. The van der Waals surface area contributed by atoms with Crippen molar-refractivity contribution in [3.05, 3.63) is 0 Å². The van der Waals surface area contributed by atoms with Crippen molar-refractivity contribution in [2.24, 2.45) is 11.7 Å². The van der Waals surface area contributed by atoms with E-state index in [-0.39, 0.29) is 0 Å². The summed E-state index contributed by atoms with van der Waals surface area (Å²) < 4.78 is 0. The minimum Gasteiger partial charge on any atom is -0.393 e. The Hall–Kier alpha value is 0.200. The number of thioether (sulfide) groups is 1. The van der Waals surface area contributed by atoms with Gasteiger partial charge in [-0.15, -0.1) is 0 Å². The zero-order chi connectivity index (χ0) is 11.0. The molecule has 0 aromatic carbocycles. The number of thiocarbonyl (C=S) groups is 1. The summed E-state index contributed by atoms with van der Waals surface area (Å²) >= 11 is 6.95. The highest BCUT2D eigenvalue weighted by molar-refractivity contribution is 7.99. The zero-order valence-corrected chi connectivity index (χ0v) is 11.1. The number of rotatable bonds is 8. The minimum absolute atomic E-state index is 0.330. The maximum absolute atomic E-state index is 5.59. The molecule has 1 unspecified atom stereocenters. The van der Waals surface area contributed by atoms with Gasteiger partial charge in [0.15, 0.2) is 0 Å². The largest absolute Gasteiger partial charge is 0.393 e. The van der Waals surface area contributed by atoms with Gasteiger partial charge in [0.25, 0.3) is 0 Å². The molecular formula is C10H22N2S2. The normalized spacial score (nSPS) is 13.1. The molecule has 0 aliphatic carbocycles. The van der Waals surface area contributed by atoms with Crippen LogP contribution in [0.5, 0.6) is 0 Å². The van der Waals surface area contributed by atoms with E-state index < -0.39 is 0 Å². The first kappa shape index (κ1) is 14.2. The lowest BCUT2D eigenvalue weighted by atomic mass is 10.1. The molecule has 0 aliphatic heterocycles. The van der Waals surface area contributed by atoms with Crippen molar-refractivity contribution in [1.82, 2.24) is 4.90 Å². The summed E-state index contributed by atoms with van der Waals surface area (Å²) in [6, 6.07) is 0. The van der Waals surface area contributed by atoms with Crippen molar-refractivity contribution < 1.29 is 0 Å². The third kappa shape index (κ3) is 6.62. The van der Waals surface area contributed by atoms with E-state index in [1.807, 2.05) is 11.8 Å². The van der Waals surface area contributed by atoms with Crippen molar-refractivity contribution in [3.8, 4) is 0 Å². The second-order valence-electron chi connectivity index (χ2n) is 3.39. The summed E-state index contributed by atoms with van der Waals surface area (Å²) in [6.07, 6.45) is 0. The van der Waals surface area contributed by atoms with Crippen LogP contribution >= 0.6 is 24.0 Å². The van der Waals surface area contributed by atoms with E-state index in [1.165, 1.54) is 11.5 Å². The average Bonchev–Trinajstić information content (AvgIpc) is 2.16. The van der Waals surface area contributed by atoms with Gasteiger partial charge in [-0.1, -0.05) is 33.0 Å². The molecule has 0 aromatic heterocycles. The first-order valence-corrected chi connectivity index (χ1v) is 6.77. The molecule has 0 radical (unpaired) electrons. The van der Waals surface area contributed by atoms with Crippen LogP contribution in [0.2, 0.25) is 0 Å². The summed E-state index contributed by atoms with van der Waals surface area (Å²) in [7, 11) is 0. The lowest BCUT2D eigenvalue weighted by Gasteiger charge is -2.23. The Bertz CT molecular complexity index is 162. The molecule has 0 bridgehead atoms. The third-order valence-corrected chi connectivity index (χ3v) is 3.50. The first-order valence-electron chi connectivity index (χ1n) is 5.21. The van der Waals surface area contributed by atoms with Gasteiger partial charge < -0.3 is 10.6 Å². The van der Waals surface area contributed by atoms with E-state index in [2.05, 4.69) is 25.7 Å². The van der Waals surface area contributed by atoms with E-state index in [0.717, 1.165) is 19.6 Å². The lowest BCUT2D eigenvalue weighted by molar-refractivity contribution is 0.289. The predicted molar refractivity (Wildman–Crippen MR) is 71.1 cm³/mol. The standard InChI is InChI=1S/C10H22N2S2/c1-4-12(6-7-14-5-2)8-9(3)10(11)13/h9H,4-8H2,1-3H3,(H2,11,13). The van der Waals surface area contributed by atoms with Crippen LogP contribution in [0, 0.1) is 5.92 Å². The Morgan fingerprint density at radius 3 is 2.57 bits per heavy atom. The van der Waals surface area contributed by atoms with Crippen LogP contribution < -0.4 is 5.73 Å². The van der Waals surface area contributed by atoms with E-state index in [0.29, 0.717) is 10.9 Å². The molecule has 1 atom stereocenters.